The van der Waals surface area contributed by atoms with Gasteiger partial charge < -0.3 is 4.74 Å². The molecule has 6 nitrogen and oxygen atoms in total. The summed E-state index contributed by atoms with van der Waals surface area (Å²) in [6.07, 6.45) is 3.66. The Morgan fingerprint density at radius 3 is 3.05 bits per heavy atom. The van der Waals surface area contributed by atoms with Gasteiger partial charge in [-0.2, -0.15) is 9.61 Å². The summed E-state index contributed by atoms with van der Waals surface area (Å²) in [5.41, 5.74) is 0.781. The van der Waals surface area contributed by atoms with Crippen molar-refractivity contribution in [2.75, 3.05) is 19.8 Å². The first-order chi connectivity index (χ1) is 10.7. The lowest BCUT2D eigenvalue weighted by atomic mass is 10.1. The first-order valence-electron chi connectivity index (χ1n) is 7.87. The van der Waals surface area contributed by atoms with Crippen LogP contribution in [-0.2, 0) is 11.3 Å². The summed E-state index contributed by atoms with van der Waals surface area (Å²) >= 11 is 1.47. The first-order valence-corrected chi connectivity index (χ1v) is 8.69. The van der Waals surface area contributed by atoms with Gasteiger partial charge in [0.05, 0.1) is 12.3 Å². The molecule has 0 spiro atoms. The molecule has 1 saturated heterocycles. The van der Waals surface area contributed by atoms with Gasteiger partial charge in [0.25, 0.3) is 5.56 Å². The van der Waals surface area contributed by atoms with E-state index in [9.17, 15) is 4.79 Å². The van der Waals surface area contributed by atoms with Gasteiger partial charge in [-0.25, -0.2) is 4.98 Å². The largest absolute Gasteiger partial charge is 0.381 e. The quantitative estimate of drug-likeness (QED) is 0.835. The van der Waals surface area contributed by atoms with Crippen LogP contribution in [0.5, 0.6) is 0 Å². The number of rotatable bonds is 5. The van der Waals surface area contributed by atoms with Crippen molar-refractivity contribution >= 4 is 16.3 Å². The van der Waals surface area contributed by atoms with Crippen molar-refractivity contribution < 1.29 is 4.74 Å². The maximum Gasteiger partial charge on any atom is 0.275 e. The van der Waals surface area contributed by atoms with Gasteiger partial charge in [-0.1, -0.05) is 11.3 Å². The van der Waals surface area contributed by atoms with Crippen LogP contribution in [0.25, 0.3) is 4.96 Å². The molecule has 1 aliphatic heterocycles. The van der Waals surface area contributed by atoms with Crippen LogP contribution >= 0.6 is 11.3 Å². The number of aromatic nitrogens is 3. The second-order valence-electron chi connectivity index (χ2n) is 6.29. The zero-order chi connectivity index (χ0) is 15.1. The summed E-state index contributed by atoms with van der Waals surface area (Å²) in [5.74, 6) is 0.621. The number of aryl methyl sites for hydroxylation is 1. The lowest BCUT2D eigenvalue weighted by Gasteiger charge is -2.24. The normalized spacial score (nSPS) is 22.0. The summed E-state index contributed by atoms with van der Waals surface area (Å²) < 4.78 is 6.88. The molecule has 2 aromatic heterocycles. The van der Waals surface area contributed by atoms with Crippen molar-refractivity contribution in [2.24, 2.45) is 5.92 Å². The summed E-state index contributed by atoms with van der Waals surface area (Å²) in [7, 11) is 0. The van der Waals surface area contributed by atoms with Gasteiger partial charge >= 0.3 is 0 Å². The Labute approximate surface area is 132 Å². The Hall–Kier alpha value is -1.31. The molecule has 2 aromatic rings. The van der Waals surface area contributed by atoms with E-state index in [0.29, 0.717) is 16.9 Å². The Morgan fingerprint density at radius 2 is 2.32 bits per heavy atom. The zero-order valence-corrected chi connectivity index (χ0v) is 13.5. The van der Waals surface area contributed by atoms with E-state index in [1.165, 1.54) is 28.7 Å². The summed E-state index contributed by atoms with van der Waals surface area (Å²) in [5, 5.41) is 5.06. The fraction of sp³-hybridized carbons (Fsp3) is 0.667. The molecule has 2 aliphatic rings. The van der Waals surface area contributed by atoms with Crippen molar-refractivity contribution in [3.63, 3.8) is 0 Å². The van der Waals surface area contributed by atoms with E-state index >= 15 is 0 Å². The molecule has 1 aliphatic carbocycles. The van der Waals surface area contributed by atoms with E-state index in [2.05, 4.69) is 15.0 Å². The Morgan fingerprint density at radius 1 is 1.45 bits per heavy atom. The molecule has 0 amide bonds. The van der Waals surface area contributed by atoms with E-state index in [1.54, 1.807) is 6.07 Å². The van der Waals surface area contributed by atoms with E-state index < -0.39 is 0 Å². The highest BCUT2D eigenvalue weighted by atomic mass is 32.1. The number of hydrogen-bond donors (Lipinski definition) is 0. The average Bonchev–Trinajstić information content (AvgIpc) is 3.07. The molecule has 22 heavy (non-hydrogen) atoms. The minimum atomic E-state index is -0.0794. The highest BCUT2D eigenvalue weighted by Crippen LogP contribution is 2.30. The third-order valence-electron chi connectivity index (χ3n) is 4.34. The van der Waals surface area contributed by atoms with Crippen molar-refractivity contribution in [2.45, 2.75) is 38.8 Å². The van der Waals surface area contributed by atoms with Crippen LogP contribution in [0, 0.1) is 12.8 Å². The molecule has 0 aromatic carbocycles. The van der Waals surface area contributed by atoms with Crippen molar-refractivity contribution in [1.29, 1.82) is 0 Å². The Balaban J connectivity index is 1.56. The lowest BCUT2D eigenvalue weighted by molar-refractivity contribution is 0.161. The van der Waals surface area contributed by atoms with Gasteiger partial charge in [0, 0.05) is 31.8 Å². The summed E-state index contributed by atoms with van der Waals surface area (Å²) in [6, 6.07) is 2.29. The molecule has 0 radical (unpaired) electrons. The van der Waals surface area contributed by atoms with Crippen LogP contribution in [0.15, 0.2) is 10.9 Å². The van der Waals surface area contributed by atoms with Crippen molar-refractivity contribution in [3.05, 3.63) is 27.1 Å². The number of ether oxygens (including phenoxy) is 1. The molecular formula is C15H20N4O2S. The Kier molecular flexibility index (Phi) is 3.71. The molecule has 0 N–H and O–H groups in total. The molecule has 118 valence electrons. The third kappa shape index (κ3) is 2.93. The predicted octanol–water partition coefficient (Wildman–Crippen LogP) is 1.46. The van der Waals surface area contributed by atoms with Crippen LogP contribution in [-0.4, -0.2) is 45.3 Å². The monoisotopic (exact) mass is 320 g/mol. The maximum absolute atomic E-state index is 12.2. The smallest absolute Gasteiger partial charge is 0.275 e. The van der Waals surface area contributed by atoms with Gasteiger partial charge in [0.2, 0.25) is 4.96 Å². The lowest BCUT2D eigenvalue weighted by Crippen LogP contribution is -2.32. The standard InChI is InChI=1S/C15H20N4O2S/c1-10-17-19-14(20)6-12(16-15(19)22-10)8-18(13-2-3-13)7-11-4-5-21-9-11/h6,11,13H,2-5,7-9H2,1H3. The van der Waals surface area contributed by atoms with E-state index in [1.807, 2.05) is 6.92 Å². The van der Waals surface area contributed by atoms with Gasteiger partial charge in [-0.3, -0.25) is 9.69 Å². The first kappa shape index (κ1) is 14.3. The van der Waals surface area contributed by atoms with Crippen LogP contribution in [0.1, 0.15) is 30.0 Å². The second-order valence-corrected chi connectivity index (χ2v) is 7.45. The van der Waals surface area contributed by atoms with E-state index in [4.69, 9.17) is 4.74 Å². The van der Waals surface area contributed by atoms with Gasteiger partial charge in [0.15, 0.2) is 0 Å². The summed E-state index contributed by atoms with van der Waals surface area (Å²) in [4.78, 5) is 20.0. The van der Waals surface area contributed by atoms with Gasteiger partial charge in [-0.15, -0.1) is 0 Å². The maximum atomic E-state index is 12.2. The molecule has 2 fully saturated rings. The highest BCUT2D eigenvalue weighted by molar-refractivity contribution is 7.16. The summed E-state index contributed by atoms with van der Waals surface area (Å²) in [6.45, 7) is 5.45. The van der Waals surface area contributed by atoms with Crippen molar-refractivity contribution in [3.8, 4) is 0 Å². The SMILES string of the molecule is Cc1nn2c(=O)cc(CN(CC3CCOC3)C3CC3)nc2s1. The van der Waals surface area contributed by atoms with Gasteiger partial charge in [-0.05, 0) is 32.1 Å². The molecule has 3 heterocycles. The topological polar surface area (TPSA) is 59.7 Å². The van der Waals surface area contributed by atoms with Crippen LogP contribution in [0.3, 0.4) is 0 Å². The highest BCUT2D eigenvalue weighted by Gasteiger charge is 2.32. The molecule has 7 heteroatoms. The molecule has 4 rings (SSSR count). The van der Waals surface area contributed by atoms with Crippen molar-refractivity contribution in [1.82, 2.24) is 19.5 Å². The fourth-order valence-electron chi connectivity index (χ4n) is 3.08. The Bertz CT molecular complexity index is 731. The van der Waals surface area contributed by atoms with E-state index in [0.717, 1.165) is 43.4 Å². The number of nitrogens with zero attached hydrogens (tertiary/aromatic N) is 4. The molecule has 1 unspecified atom stereocenters. The minimum absolute atomic E-state index is 0.0794. The molecule has 1 atom stereocenters. The van der Waals surface area contributed by atoms with Crippen LogP contribution in [0.2, 0.25) is 0 Å². The predicted molar refractivity (Wildman–Crippen MR) is 84.2 cm³/mol. The molecule has 1 saturated carbocycles. The zero-order valence-electron chi connectivity index (χ0n) is 12.7. The number of fused-ring (bicyclic) bond motifs is 1. The van der Waals surface area contributed by atoms with Gasteiger partial charge in [0.1, 0.15) is 5.01 Å². The minimum Gasteiger partial charge on any atom is -0.381 e. The van der Waals surface area contributed by atoms with E-state index in [-0.39, 0.29) is 5.56 Å². The van der Waals surface area contributed by atoms with Crippen LogP contribution < -0.4 is 5.56 Å². The molecule has 0 bridgehead atoms. The fourth-order valence-corrected chi connectivity index (χ4v) is 3.85. The second kappa shape index (κ2) is 5.72. The average molecular weight is 320 g/mol. The van der Waals surface area contributed by atoms with Crippen LogP contribution in [0.4, 0.5) is 0 Å². The third-order valence-corrected chi connectivity index (χ3v) is 5.17. The molecular weight excluding hydrogens is 300 g/mol. The number of hydrogen-bond acceptors (Lipinski definition) is 6.